The Morgan fingerprint density at radius 1 is 1.50 bits per heavy atom. The lowest BCUT2D eigenvalue weighted by Crippen LogP contribution is -2.44. The molecule has 0 aromatic rings. The van der Waals surface area contributed by atoms with E-state index in [4.69, 9.17) is 4.84 Å². The number of amides is 1. The topological polar surface area (TPSA) is 29.5 Å². The summed E-state index contributed by atoms with van der Waals surface area (Å²) >= 11 is 3.31. The van der Waals surface area contributed by atoms with E-state index in [0.29, 0.717) is 13.2 Å². The number of alkyl halides is 1. The van der Waals surface area contributed by atoms with E-state index in [1.54, 1.807) is 0 Å². The van der Waals surface area contributed by atoms with E-state index in [0.717, 1.165) is 12.8 Å². The zero-order valence-corrected chi connectivity index (χ0v) is 9.06. The van der Waals surface area contributed by atoms with E-state index >= 15 is 0 Å². The van der Waals surface area contributed by atoms with Gasteiger partial charge in [0.2, 0.25) is 0 Å². The summed E-state index contributed by atoms with van der Waals surface area (Å²) in [5, 5.41) is 1.46. The first-order valence-corrected chi connectivity index (χ1v) is 4.95. The van der Waals surface area contributed by atoms with Gasteiger partial charge < -0.3 is 0 Å². The van der Waals surface area contributed by atoms with Crippen LogP contribution in [0.4, 0.5) is 0 Å². The smallest absolute Gasteiger partial charge is 0.262 e. The number of carbonyl (C=O) groups excluding carboxylic acids is 1. The average Bonchev–Trinajstić information content (AvgIpc) is 2.03. The van der Waals surface area contributed by atoms with Crippen molar-refractivity contribution in [2.24, 2.45) is 0 Å². The zero-order valence-electron chi connectivity index (χ0n) is 7.47. The maximum absolute atomic E-state index is 11.6. The van der Waals surface area contributed by atoms with Crippen molar-refractivity contribution in [3.8, 4) is 0 Å². The van der Waals surface area contributed by atoms with Gasteiger partial charge in [-0.3, -0.25) is 9.63 Å². The fourth-order valence-electron chi connectivity index (χ4n) is 1.05. The molecule has 1 aliphatic rings. The molecule has 0 radical (unpaired) electrons. The summed E-state index contributed by atoms with van der Waals surface area (Å²) in [6.45, 7) is 5.03. The van der Waals surface area contributed by atoms with Crippen LogP contribution in [-0.2, 0) is 9.63 Å². The summed E-state index contributed by atoms with van der Waals surface area (Å²) in [6, 6.07) is 0. The molecule has 0 aromatic heterocycles. The molecule has 1 fully saturated rings. The lowest BCUT2D eigenvalue weighted by molar-refractivity contribution is -0.198. The van der Waals surface area contributed by atoms with Crippen LogP contribution in [0.5, 0.6) is 0 Å². The first kappa shape index (κ1) is 9.99. The van der Waals surface area contributed by atoms with Crippen molar-refractivity contribution >= 4 is 21.8 Å². The van der Waals surface area contributed by atoms with Gasteiger partial charge in [0.25, 0.3) is 5.91 Å². The Bertz CT molecular complexity index is 170. The molecule has 0 saturated carbocycles. The minimum Gasteiger partial charge on any atom is -0.271 e. The minimum atomic E-state index is -0.510. The molecule has 0 atom stereocenters. The van der Waals surface area contributed by atoms with Crippen LogP contribution in [-0.4, -0.2) is 28.4 Å². The molecule has 0 aliphatic carbocycles. The van der Waals surface area contributed by atoms with Crippen LogP contribution in [0, 0.1) is 0 Å². The van der Waals surface area contributed by atoms with Crippen LogP contribution < -0.4 is 0 Å². The lowest BCUT2D eigenvalue weighted by atomic mass is 10.2. The Hall–Kier alpha value is -0.0900. The Morgan fingerprint density at radius 3 is 2.58 bits per heavy atom. The van der Waals surface area contributed by atoms with Gasteiger partial charge in [0, 0.05) is 6.54 Å². The van der Waals surface area contributed by atoms with Crippen molar-refractivity contribution in [1.29, 1.82) is 0 Å². The molecule has 0 unspecified atom stereocenters. The molecular weight excluding hydrogens is 222 g/mol. The monoisotopic (exact) mass is 235 g/mol. The van der Waals surface area contributed by atoms with Crippen molar-refractivity contribution in [2.45, 2.75) is 31.0 Å². The van der Waals surface area contributed by atoms with Crippen molar-refractivity contribution in [3.05, 3.63) is 0 Å². The second kappa shape index (κ2) is 3.75. The third-order valence-corrected chi connectivity index (χ3v) is 2.08. The predicted molar refractivity (Wildman–Crippen MR) is 49.9 cm³/mol. The summed E-state index contributed by atoms with van der Waals surface area (Å²) in [7, 11) is 0. The number of hydrogen-bond donors (Lipinski definition) is 0. The van der Waals surface area contributed by atoms with Gasteiger partial charge in [-0.25, -0.2) is 5.06 Å². The van der Waals surface area contributed by atoms with Gasteiger partial charge in [0.1, 0.15) is 4.32 Å². The molecule has 4 heteroatoms. The molecule has 0 bridgehead atoms. The highest BCUT2D eigenvalue weighted by Gasteiger charge is 2.30. The van der Waals surface area contributed by atoms with Gasteiger partial charge in [0.05, 0.1) is 6.61 Å². The molecule has 1 amide bonds. The third-order valence-electron chi connectivity index (χ3n) is 1.74. The molecule has 1 saturated heterocycles. The minimum absolute atomic E-state index is 0.00204. The van der Waals surface area contributed by atoms with E-state index < -0.39 is 4.32 Å². The number of rotatable bonds is 1. The summed E-state index contributed by atoms with van der Waals surface area (Å²) in [6.07, 6.45) is 2.08. The molecule has 0 aromatic carbocycles. The first-order valence-electron chi connectivity index (χ1n) is 4.15. The molecule has 12 heavy (non-hydrogen) atoms. The van der Waals surface area contributed by atoms with Gasteiger partial charge in [0.15, 0.2) is 0 Å². The fourth-order valence-corrected chi connectivity index (χ4v) is 1.25. The average molecular weight is 236 g/mol. The number of hydrogen-bond acceptors (Lipinski definition) is 2. The Labute approximate surface area is 81.1 Å². The normalized spacial score (nSPS) is 19.4. The standard InChI is InChI=1S/C8H14BrNO2/c1-8(2,9)7(11)10-5-3-4-6-12-10/h3-6H2,1-2H3. The van der Waals surface area contributed by atoms with Crippen LogP contribution in [0.2, 0.25) is 0 Å². The van der Waals surface area contributed by atoms with Gasteiger partial charge in [-0.2, -0.15) is 0 Å². The van der Waals surface area contributed by atoms with Crippen LogP contribution in [0.15, 0.2) is 0 Å². The zero-order chi connectivity index (χ0) is 9.19. The van der Waals surface area contributed by atoms with Crippen molar-refractivity contribution in [1.82, 2.24) is 5.06 Å². The summed E-state index contributed by atoms with van der Waals surface area (Å²) < 4.78 is -0.510. The van der Waals surface area contributed by atoms with E-state index in [1.807, 2.05) is 13.8 Å². The molecule has 70 valence electrons. The summed E-state index contributed by atoms with van der Waals surface area (Å²) in [4.78, 5) is 16.8. The van der Waals surface area contributed by atoms with E-state index in [2.05, 4.69) is 15.9 Å². The van der Waals surface area contributed by atoms with Crippen molar-refractivity contribution < 1.29 is 9.63 Å². The Kier molecular flexibility index (Phi) is 3.12. The largest absolute Gasteiger partial charge is 0.271 e. The van der Waals surface area contributed by atoms with Crippen molar-refractivity contribution in [2.75, 3.05) is 13.2 Å². The molecule has 0 N–H and O–H groups in total. The van der Waals surface area contributed by atoms with Crippen molar-refractivity contribution in [3.63, 3.8) is 0 Å². The fraction of sp³-hybridized carbons (Fsp3) is 0.875. The van der Waals surface area contributed by atoms with E-state index in [9.17, 15) is 4.79 Å². The predicted octanol–water partition coefficient (Wildman–Crippen LogP) is 1.71. The number of hydroxylamine groups is 2. The maximum atomic E-state index is 11.6. The van der Waals surface area contributed by atoms with Gasteiger partial charge in [-0.1, -0.05) is 15.9 Å². The van der Waals surface area contributed by atoms with Crippen LogP contribution in [0.25, 0.3) is 0 Å². The Morgan fingerprint density at radius 2 is 2.17 bits per heavy atom. The van der Waals surface area contributed by atoms with Crippen LogP contribution in [0.3, 0.4) is 0 Å². The molecule has 1 aliphatic heterocycles. The highest BCUT2D eigenvalue weighted by molar-refractivity contribution is 9.10. The number of carbonyl (C=O) groups is 1. The maximum Gasteiger partial charge on any atom is 0.262 e. The third kappa shape index (κ3) is 2.45. The molecule has 1 rings (SSSR count). The van der Waals surface area contributed by atoms with Gasteiger partial charge in [-0.15, -0.1) is 0 Å². The second-order valence-electron chi connectivity index (χ2n) is 3.42. The first-order chi connectivity index (χ1) is 5.52. The van der Waals surface area contributed by atoms with Crippen LogP contribution >= 0.6 is 15.9 Å². The highest BCUT2D eigenvalue weighted by Crippen LogP contribution is 2.21. The summed E-state index contributed by atoms with van der Waals surface area (Å²) in [5.41, 5.74) is 0. The number of nitrogens with zero attached hydrogens (tertiary/aromatic N) is 1. The number of halogens is 1. The Balaban J connectivity index is 2.51. The SMILES string of the molecule is CC(C)(Br)C(=O)N1CCCCO1. The second-order valence-corrected chi connectivity index (χ2v) is 5.40. The lowest BCUT2D eigenvalue weighted by Gasteiger charge is -2.30. The quantitative estimate of drug-likeness (QED) is 0.648. The van der Waals surface area contributed by atoms with Gasteiger partial charge in [-0.05, 0) is 26.7 Å². The molecule has 0 spiro atoms. The molecule has 3 nitrogen and oxygen atoms in total. The van der Waals surface area contributed by atoms with Gasteiger partial charge >= 0.3 is 0 Å². The molecule has 1 heterocycles. The van der Waals surface area contributed by atoms with Crippen LogP contribution in [0.1, 0.15) is 26.7 Å². The van der Waals surface area contributed by atoms with E-state index in [1.165, 1.54) is 5.06 Å². The molecular formula is C8H14BrNO2. The summed E-state index contributed by atoms with van der Waals surface area (Å²) in [5.74, 6) is 0.00204. The highest BCUT2D eigenvalue weighted by atomic mass is 79.9. The van der Waals surface area contributed by atoms with E-state index in [-0.39, 0.29) is 5.91 Å².